The van der Waals surface area contributed by atoms with E-state index in [9.17, 15) is 5.11 Å². The van der Waals surface area contributed by atoms with Gasteiger partial charge in [0.25, 0.3) is 0 Å². The van der Waals surface area contributed by atoms with Crippen molar-refractivity contribution in [1.29, 1.82) is 0 Å². The number of aliphatic hydroxyl groups excluding tert-OH is 1. The molecule has 1 N–H and O–H groups in total. The van der Waals surface area contributed by atoms with Crippen LogP contribution in [-0.4, -0.2) is 35.3 Å². The maximum absolute atomic E-state index is 9.44. The van der Waals surface area contributed by atoms with Crippen LogP contribution in [0.3, 0.4) is 0 Å². The van der Waals surface area contributed by atoms with Crippen LogP contribution in [0.25, 0.3) is 0 Å². The molecule has 0 aromatic heterocycles. The first-order valence-corrected chi connectivity index (χ1v) is 5.59. The summed E-state index contributed by atoms with van der Waals surface area (Å²) >= 11 is 0. The Labute approximate surface area is 91.7 Å². The van der Waals surface area contributed by atoms with Gasteiger partial charge in [0, 0.05) is 5.56 Å². The molecule has 0 aliphatic carbocycles. The highest BCUT2D eigenvalue weighted by Gasteiger charge is 2.52. The van der Waals surface area contributed by atoms with E-state index >= 15 is 0 Å². The summed E-state index contributed by atoms with van der Waals surface area (Å²) in [5, 5.41) is 9.44. The number of benzene rings is 1. The monoisotopic (exact) mass is 206 g/mol. The number of quaternary nitrogens is 1. The SMILES string of the molecule is CC1(CO)CC[N+]1(C)Cc1ccccc1. The molecule has 2 unspecified atom stereocenters. The number of rotatable bonds is 3. The van der Waals surface area contributed by atoms with Crippen molar-refractivity contribution in [3.8, 4) is 0 Å². The second kappa shape index (κ2) is 3.62. The fraction of sp³-hybridized carbons (Fsp3) is 0.538. The standard InChI is InChI=1S/C13H20NO/c1-13(11-15)8-9-14(13,2)10-12-6-4-3-5-7-12/h3-7,15H,8-11H2,1-2H3/q+1. The Hall–Kier alpha value is -0.860. The molecular weight excluding hydrogens is 186 g/mol. The van der Waals surface area contributed by atoms with Gasteiger partial charge in [-0.25, -0.2) is 0 Å². The van der Waals surface area contributed by atoms with Crippen LogP contribution in [0.2, 0.25) is 0 Å². The van der Waals surface area contributed by atoms with Crippen LogP contribution in [0, 0.1) is 0 Å². The Kier molecular flexibility index (Phi) is 2.57. The maximum Gasteiger partial charge on any atom is 0.125 e. The zero-order valence-electron chi connectivity index (χ0n) is 9.61. The van der Waals surface area contributed by atoms with E-state index in [-0.39, 0.29) is 12.1 Å². The van der Waals surface area contributed by atoms with Gasteiger partial charge in [0.2, 0.25) is 0 Å². The molecule has 1 saturated heterocycles. The average molecular weight is 206 g/mol. The summed E-state index contributed by atoms with van der Waals surface area (Å²) in [4.78, 5) is 0. The molecule has 82 valence electrons. The summed E-state index contributed by atoms with van der Waals surface area (Å²) in [5.41, 5.74) is 1.43. The van der Waals surface area contributed by atoms with Crippen LogP contribution in [0.15, 0.2) is 30.3 Å². The van der Waals surface area contributed by atoms with Gasteiger partial charge in [0.15, 0.2) is 0 Å². The molecule has 0 spiro atoms. The zero-order valence-corrected chi connectivity index (χ0v) is 9.61. The van der Waals surface area contributed by atoms with Crippen LogP contribution in [0.4, 0.5) is 0 Å². The van der Waals surface area contributed by atoms with Crippen molar-refractivity contribution >= 4 is 0 Å². The van der Waals surface area contributed by atoms with E-state index in [1.807, 2.05) is 6.07 Å². The molecule has 2 atom stereocenters. The summed E-state index contributed by atoms with van der Waals surface area (Å²) < 4.78 is 0.966. The quantitative estimate of drug-likeness (QED) is 0.748. The number of hydrogen-bond acceptors (Lipinski definition) is 1. The Morgan fingerprint density at radius 2 is 2.00 bits per heavy atom. The molecule has 2 heteroatoms. The van der Waals surface area contributed by atoms with E-state index in [0.29, 0.717) is 0 Å². The van der Waals surface area contributed by atoms with Gasteiger partial charge in [0.1, 0.15) is 12.1 Å². The van der Waals surface area contributed by atoms with Gasteiger partial charge in [-0.05, 0) is 6.92 Å². The molecule has 0 bridgehead atoms. The molecule has 0 saturated carbocycles. The lowest BCUT2D eigenvalue weighted by atomic mass is 9.83. The van der Waals surface area contributed by atoms with Gasteiger partial charge in [0.05, 0.1) is 26.6 Å². The molecule has 0 radical (unpaired) electrons. The van der Waals surface area contributed by atoms with E-state index in [4.69, 9.17) is 0 Å². The van der Waals surface area contributed by atoms with Gasteiger partial charge in [-0.3, -0.25) is 0 Å². The van der Waals surface area contributed by atoms with Crippen LogP contribution in [0.1, 0.15) is 18.9 Å². The molecule has 0 amide bonds. The first kappa shape index (κ1) is 10.7. The highest BCUT2D eigenvalue weighted by molar-refractivity contribution is 5.13. The van der Waals surface area contributed by atoms with Gasteiger partial charge in [-0.1, -0.05) is 30.3 Å². The topological polar surface area (TPSA) is 20.2 Å². The van der Waals surface area contributed by atoms with Crippen molar-refractivity contribution in [3.05, 3.63) is 35.9 Å². The lowest BCUT2D eigenvalue weighted by Crippen LogP contribution is -2.71. The predicted molar refractivity (Wildman–Crippen MR) is 61.3 cm³/mol. The second-order valence-electron chi connectivity index (χ2n) is 5.17. The van der Waals surface area contributed by atoms with Gasteiger partial charge in [-0.2, -0.15) is 0 Å². The van der Waals surface area contributed by atoms with Crippen molar-refractivity contribution in [2.45, 2.75) is 25.4 Å². The van der Waals surface area contributed by atoms with Crippen LogP contribution in [-0.2, 0) is 6.54 Å². The van der Waals surface area contributed by atoms with Crippen molar-refractivity contribution in [2.24, 2.45) is 0 Å². The molecule has 1 aliphatic heterocycles. The number of nitrogens with zero attached hydrogens (tertiary/aromatic N) is 1. The first-order chi connectivity index (χ1) is 7.10. The number of hydrogen-bond donors (Lipinski definition) is 1. The summed E-state index contributed by atoms with van der Waals surface area (Å²) in [6, 6.07) is 10.5. The van der Waals surface area contributed by atoms with E-state index in [1.165, 1.54) is 12.1 Å². The molecule has 1 aliphatic rings. The Morgan fingerprint density at radius 1 is 1.33 bits per heavy atom. The van der Waals surface area contributed by atoms with Gasteiger partial charge in [-0.15, -0.1) is 0 Å². The lowest BCUT2D eigenvalue weighted by molar-refractivity contribution is -1.01. The highest BCUT2D eigenvalue weighted by atomic mass is 16.3. The Balaban J connectivity index is 2.13. The largest absolute Gasteiger partial charge is 0.390 e. The molecule has 2 rings (SSSR count). The molecule has 1 aromatic rings. The average Bonchev–Trinajstić information content (AvgIpc) is 2.28. The normalized spacial score (nSPS) is 34.9. The third kappa shape index (κ3) is 1.68. The van der Waals surface area contributed by atoms with E-state index in [2.05, 4.69) is 38.2 Å². The lowest BCUT2D eigenvalue weighted by Gasteiger charge is -2.57. The van der Waals surface area contributed by atoms with Gasteiger partial charge < -0.3 is 9.59 Å². The smallest absolute Gasteiger partial charge is 0.125 e. The molecule has 1 heterocycles. The second-order valence-corrected chi connectivity index (χ2v) is 5.17. The minimum absolute atomic E-state index is 0.0653. The number of likely N-dealkylation sites (N-methyl/N-ethyl adjacent to an activating group) is 1. The summed E-state index contributed by atoms with van der Waals surface area (Å²) in [6.07, 6.45) is 1.13. The van der Waals surface area contributed by atoms with Crippen LogP contribution in [0.5, 0.6) is 0 Å². The van der Waals surface area contributed by atoms with Crippen LogP contribution < -0.4 is 0 Å². The van der Waals surface area contributed by atoms with Crippen molar-refractivity contribution < 1.29 is 9.59 Å². The third-order valence-corrected chi connectivity index (χ3v) is 4.16. The number of aliphatic hydroxyl groups is 1. The zero-order chi connectivity index (χ0) is 10.9. The Morgan fingerprint density at radius 3 is 2.47 bits per heavy atom. The van der Waals surface area contributed by atoms with Crippen molar-refractivity contribution in [2.75, 3.05) is 20.2 Å². The summed E-state index contributed by atoms with van der Waals surface area (Å²) in [7, 11) is 2.24. The highest BCUT2D eigenvalue weighted by Crippen LogP contribution is 2.38. The third-order valence-electron chi connectivity index (χ3n) is 4.16. The fourth-order valence-corrected chi connectivity index (χ4v) is 2.38. The first-order valence-electron chi connectivity index (χ1n) is 5.59. The van der Waals surface area contributed by atoms with E-state index < -0.39 is 0 Å². The molecule has 1 fully saturated rings. The summed E-state index contributed by atoms with van der Waals surface area (Å²) in [6.45, 7) is 4.67. The number of likely N-dealkylation sites (tertiary alicyclic amines) is 1. The van der Waals surface area contributed by atoms with Crippen LogP contribution >= 0.6 is 0 Å². The molecule has 15 heavy (non-hydrogen) atoms. The van der Waals surface area contributed by atoms with Crippen molar-refractivity contribution in [3.63, 3.8) is 0 Å². The predicted octanol–water partition coefficient (Wildman–Crippen LogP) is 1.79. The van der Waals surface area contributed by atoms with Gasteiger partial charge >= 0.3 is 0 Å². The van der Waals surface area contributed by atoms with Crippen molar-refractivity contribution in [1.82, 2.24) is 0 Å². The van der Waals surface area contributed by atoms with E-state index in [1.54, 1.807) is 0 Å². The maximum atomic E-state index is 9.44. The summed E-state index contributed by atoms with van der Waals surface area (Å²) in [5.74, 6) is 0. The molecular formula is C13H20NO+. The minimum atomic E-state index is 0.0653. The molecule has 1 aromatic carbocycles. The van der Waals surface area contributed by atoms with E-state index in [0.717, 1.165) is 17.4 Å². The minimum Gasteiger partial charge on any atom is -0.390 e. The molecule has 2 nitrogen and oxygen atoms in total. The fourth-order valence-electron chi connectivity index (χ4n) is 2.38. The Bertz CT molecular complexity index is 334.